The molecule has 1 aromatic rings. The number of ether oxygens (including phenoxy) is 3. The van der Waals surface area contributed by atoms with Crippen LogP contribution in [0.3, 0.4) is 0 Å². The Morgan fingerprint density at radius 1 is 1.23 bits per heavy atom. The van der Waals surface area contributed by atoms with Crippen molar-refractivity contribution in [2.75, 3.05) is 14.2 Å². The van der Waals surface area contributed by atoms with Crippen molar-refractivity contribution in [3.63, 3.8) is 0 Å². The molecule has 2 aliphatic rings. The Morgan fingerprint density at radius 2 is 2.00 bits per heavy atom. The first-order valence-electron chi connectivity index (χ1n) is 7.39. The highest BCUT2D eigenvalue weighted by Crippen LogP contribution is 2.47. The standard InChI is InChI=1S/C18H20O4/c1-20-16-14-10-11-18(12-14,17(16)21-2)22-15(19)9-8-13-6-4-3-5-7-13/h3-11,14,16-17H,12H2,1-2H3. The van der Waals surface area contributed by atoms with Gasteiger partial charge in [-0.3, -0.25) is 0 Å². The fraction of sp³-hybridized carbons (Fsp3) is 0.389. The van der Waals surface area contributed by atoms with Crippen molar-refractivity contribution >= 4 is 12.0 Å². The van der Waals surface area contributed by atoms with Gasteiger partial charge in [-0.1, -0.05) is 36.4 Å². The minimum absolute atomic E-state index is 0.0686. The van der Waals surface area contributed by atoms with Crippen LogP contribution in [0.4, 0.5) is 0 Å². The summed E-state index contributed by atoms with van der Waals surface area (Å²) >= 11 is 0. The van der Waals surface area contributed by atoms with Gasteiger partial charge in [-0.15, -0.1) is 0 Å². The topological polar surface area (TPSA) is 44.8 Å². The molecule has 2 aliphatic carbocycles. The van der Waals surface area contributed by atoms with Crippen LogP contribution in [0.25, 0.3) is 6.08 Å². The first-order chi connectivity index (χ1) is 10.7. The van der Waals surface area contributed by atoms with Gasteiger partial charge in [0.1, 0.15) is 6.10 Å². The number of rotatable bonds is 5. The smallest absolute Gasteiger partial charge is 0.331 e. The van der Waals surface area contributed by atoms with Crippen molar-refractivity contribution in [2.24, 2.45) is 5.92 Å². The molecule has 1 saturated carbocycles. The zero-order chi connectivity index (χ0) is 15.6. The van der Waals surface area contributed by atoms with Gasteiger partial charge in [0.2, 0.25) is 0 Å². The van der Waals surface area contributed by atoms with Crippen molar-refractivity contribution in [2.45, 2.75) is 24.2 Å². The molecular weight excluding hydrogens is 280 g/mol. The summed E-state index contributed by atoms with van der Waals surface area (Å²) in [6.45, 7) is 0. The molecule has 0 spiro atoms. The molecule has 22 heavy (non-hydrogen) atoms. The van der Waals surface area contributed by atoms with Crippen molar-refractivity contribution in [3.05, 3.63) is 54.1 Å². The van der Waals surface area contributed by atoms with Crippen LogP contribution in [0.5, 0.6) is 0 Å². The minimum atomic E-state index is -0.710. The van der Waals surface area contributed by atoms with E-state index in [1.807, 2.05) is 36.4 Å². The Labute approximate surface area is 130 Å². The van der Waals surface area contributed by atoms with E-state index in [-0.39, 0.29) is 24.1 Å². The van der Waals surface area contributed by atoms with Crippen LogP contribution in [0, 0.1) is 5.92 Å². The Balaban J connectivity index is 1.71. The SMILES string of the molecule is COC1C2C=CC(OC(=O)C=Cc3ccccc3)(C2)C1OC. The summed E-state index contributed by atoms with van der Waals surface area (Å²) in [5, 5.41) is 0. The predicted octanol–water partition coefficient (Wildman–Crippen LogP) is 2.60. The van der Waals surface area contributed by atoms with Crippen molar-refractivity contribution in [1.29, 1.82) is 0 Å². The summed E-state index contributed by atoms with van der Waals surface area (Å²) in [6, 6.07) is 9.65. The molecule has 0 heterocycles. The number of benzene rings is 1. The summed E-state index contributed by atoms with van der Waals surface area (Å²) in [7, 11) is 3.29. The number of fused-ring (bicyclic) bond motifs is 2. The van der Waals surface area contributed by atoms with Gasteiger partial charge in [0.05, 0.1) is 6.10 Å². The molecule has 2 bridgehead atoms. The highest BCUT2D eigenvalue weighted by atomic mass is 16.6. The predicted molar refractivity (Wildman–Crippen MR) is 83.1 cm³/mol. The zero-order valence-corrected chi connectivity index (χ0v) is 12.8. The highest BCUT2D eigenvalue weighted by molar-refractivity contribution is 5.87. The summed E-state index contributed by atoms with van der Waals surface area (Å²) in [5.41, 5.74) is 0.249. The summed E-state index contributed by atoms with van der Waals surface area (Å²) in [5.74, 6) is -0.131. The molecule has 3 rings (SSSR count). The molecular formula is C18H20O4. The average molecular weight is 300 g/mol. The monoisotopic (exact) mass is 300 g/mol. The van der Waals surface area contributed by atoms with E-state index in [1.165, 1.54) is 6.08 Å². The van der Waals surface area contributed by atoms with Crippen molar-refractivity contribution in [3.8, 4) is 0 Å². The quantitative estimate of drug-likeness (QED) is 0.476. The van der Waals surface area contributed by atoms with Crippen LogP contribution in [-0.4, -0.2) is 38.0 Å². The normalized spacial score (nSPS) is 32.7. The second kappa shape index (κ2) is 6.07. The Kier molecular flexibility index (Phi) is 4.14. The Bertz CT molecular complexity index is 592. The second-order valence-corrected chi connectivity index (χ2v) is 5.70. The lowest BCUT2D eigenvalue weighted by molar-refractivity contribution is -0.163. The molecule has 0 amide bonds. The molecule has 116 valence electrons. The number of hydrogen-bond donors (Lipinski definition) is 0. The van der Waals surface area contributed by atoms with Crippen molar-refractivity contribution < 1.29 is 19.0 Å². The molecule has 0 radical (unpaired) electrons. The van der Waals surface area contributed by atoms with E-state index < -0.39 is 5.60 Å². The molecule has 0 N–H and O–H groups in total. The van der Waals surface area contributed by atoms with Gasteiger partial charge in [-0.2, -0.15) is 0 Å². The van der Waals surface area contributed by atoms with Crippen LogP contribution in [-0.2, 0) is 19.0 Å². The lowest BCUT2D eigenvalue weighted by Crippen LogP contribution is -2.47. The molecule has 4 atom stereocenters. The molecule has 1 fully saturated rings. The Hall–Kier alpha value is -1.91. The van der Waals surface area contributed by atoms with Crippen LogP contribution >= 0.6 is 0 Å². The third-order valence-corrected chi connectivity index (χ3v) is 4.41. The third kappa shape index (κ3) is 2.60. The maximum Gasteiger partial charge on any atom is 0.331 e. The summed E-state index contributed by atoms with van der Waals surface area (Å²) in [6.07, 6.45) is 7.59. The van der Waals surface area contributed by atoms with Crippen LogP contribution < -0.4 is 0 Å². The van der Waals surface area contributed by atoms with Gasteiger partial charge in [0.25, 0.3) is 0 Å². The average Bonchev–Trinajstić information content (AvgIpc) is 3.08. The van der Waals surface area contributed by atoms with Gasteiger partial charge >= 0.3 is 5.97 Å². The number of esters is 1. The van der Waals surface area contributed by atoms with Gasteiger partial charge < -0.3 is 14.2 Å². The van der Waals surface area contributed by atoms with Gasteiger partial charge in [0, 0.05) is 32.6 Å². The van der Waals surface area contributed by atoms with Gasteiger partial charge in [-0.25, -0.2) is 4.79 Å². The number of carbonyl (C=O) groups excluding carboxylic acids is 1. The number of hydrogen-bond acceptors (Lipinski definition) is 4. The molecule has 4 nitrogen and oxygen atoms in total. The van der Waals surface area contributed by atoms with Gasteiger partial charge in [-0.05, 0) is 17.7 Å². The summed E-state index contributed by atoms with van der Waals surface area (Å²) < 4.78 is 16.8. The fourth-order valence-corrected chi connectivity index (χ4v) is 3.45. The number of carbonyl (C=O) groups is 1. The molecule has 0 saturated heterocycles. The minimum Gasteiger partial charge on any atom is -0.449 e. The lowest BCUT2D eigenvalue weighted by Gasteiger charge is -2.33. The van der Waals surface area contributed by atoms with Crippen LogP contribution in [0.15, 0.2) is 48.6 Å². The maximum absolute atomic E-state index is 12.2. The van der Waals surface area contributed by atoms with E-state index in [9.17, 15) is 4.79 Å². The van der Waals surface area contributed by atoms with Crippen LogP contribution in [0.2, 0.25) is 0 Å². The molecule has 0 aliphatic heterocycles. The molecule has 0 aromatic heterocycles. The summed E-state index contributed by atoms with van der Waals surface area (Å²) in [4.78, 5) is 12.2. The molecule has 4 heteroatoms. The third-order valence-electron chi connectivity index (χ3n) is 4.41. The van der Waals surface area contributed by atoms with E-state index in [1.54, 1.807) is 20.3 Å². The first-order valence-corrected chi connectivity index (χ1v) is 7.39. The fourth-order valence-electron chi connectivity index (χ4n) is 3.45. The van der Waals surface area contributed by atoms with E-state index in [2.05, 4.69) is 6.08 Å². The maximum atomic E-state index is 12.2. The Morgan fingerprint density at radius 3 is 2.68 bits per heavy atom. The highest BCUT2D eigenvalue weighted by Gasteiger charge is 2.58. The first kappa shape index (κ1) is 15.0. The van der Waals surface area contributed by atoms with E-state index in [0.29, 0.717) is 0 Å². The van der Waals surface area contributed by atoms with E-state index in [4.69, 9.17) is 14.2 Å². The van der Waals surface area contributed by atoms with E-state index >= 15 is 0 Å². The second-order valence-electron chi connectivity index (χ2n) is 5.70. The van der Waals surface area contributed by atoms with Gasteiger partial charge in [0.15, 0.2) is 5.60 Å². The van der Waals surface area contributed by atoms with E-state index in [0.717, 1.165) is 12.0 Å². The largest absolute Gasteiger partial charge is 0.449 e. The lowest BCUT2D eigenvalue weighted by atomic mass is 9.97. The number of methoxy groups -OCH3 is 2. The van der Waals surface area contributed by atoms with Crippen molar-refractivity contribution in [1.82, 2.24) is 0 Å². The van der Waals surface area contributed by atoms with Crippen LogP contribution in [0.1, 0.15) is 12.0 Å². The zero-order valence-electron chi connectivity index (χ0n) is 12.8. The molecule has 4 unspecified atom stereocenters. The molecule has 1 aromatic carbocycles.